The van der Waals surface area contributed by atoms with Crippen LogP contribution >= 0.6 is 0 Å². The lowest BCUT2D eigenvalue weighted by atomic mass is 10.3. The van der Waals surface area contributed by atoms with Crippen LogP contribution in [-0.2, 0) is 9.84 Å². The molecule has 1 fully saturated rings. The van der Waals surface area contributed by atoms with Gasteiger partial charge in [0.2, 0.25) is 5.75 Å². The fourth-order valence-corrected chi connectivity index (χ4v) is 3.30. The van der Waals surface area contributed by atoms with Gasteiger partial charge in [-0.05, 0) is 6.42 Å². The van der Waals surface area contributed by atoms with Crippen molar-refractivity contribution < 1.29 is 13.2 Å². The highest BCUT2D eigenvalue weighted by Gasteiger charge is 2.23. The molecule has 0 amide bonds. The summed E-state index contributed by atoms with van der Waals surface area (Å²) in [5, 5.41) is 0. The second-order valence-electron chi connectivity index (χ2n) is 4.22. The molecular weight excluding hydrogens is 270 g/mol. The molecule has 1 aliphatic rings. The van der Waals surface area contributed by atoms with Crippen LogP contribution in [0.2, 0.25) is 0 Å². The minimum atomic E-state index is -2.96. The van der Waals surface area contributed by atoms with Crippen LogP contribution in [-0.4, -0.2) is 50.1 Å². The zero-order valence-electron chi connectivity index (χ0n) is 10.7. The molecule has 0 atom stereocenters. The summed E-state index contributed by atoms with van der Waals surface area (Å²) >= 11 is 0. The molecule has 0 radical (unpaired) electrons. The Kier molecular flexibility index (Phi) is 4.05. The number of hydrogen-bond donors (Lipinski definition) is 2. The summed E-state index contributed by atoms with van der Waals surface area (Å²) in [4.78, 5) is 10.0. The highest BCUT2D eigenvalue weighted by atomic mass is 32.2. The largest absolute Gasteiger partial charge is 0.490 e. The summed E-state index contributed by atoms with van der Waals surface area (Å²) in [5.74, 6) is 7.04. The summed E-state index contributed by atoms with van der Waals surface area (Å²) in [5.41, 5.74) is 2.44. The van der Waals surface area contributed by atoms with Gasteiger partial charge >= 0.3 is 0 Å². The van der Waals surface area contributed by atoms with Crippen LogP contribution in [0, 0.1) is 0 Å². The summed E-state index contributed by atoms with van der Waals surface area (Å²) in [6.45, 7) is 0.996. The first-order valence-corrected chi connectivity index (χ1v) is 7.70. The maximum atomic E-state index is 11.6. The van der Waals surface area contributed by atoms with Crippen molar-refractivity contribution in [3.8, 4) is 5.75 Å². The minimum absolute atomic E-state index is 0.117. The Morgan fingerprint density at radius 2 is 2.16 bits per heavy atom. The van der Waals surface area contributed by atoms with Crippen LogP contribution in [0.4, 0.5) is 11.6 Å². The standard InChI is InChI=1S/C10H17N5O3S/c1-18-8-9(14-11)12-7-13-10(8)15-3-2-5-19(16,17)6-4-15/h7H,2-6,11H2,1H3,(H,12,13,14). The Labute approximate surface area is 111 Å². The monoisotopic (exact) mass is 287 g/mol. The van der Waals surface area contributed by atoms with Gasteiger partial charge in [-0.3, -0.25) is 0 Å². The molecule has 0 aliphatic carbocycles. The molecule has 0 aromatic carbocycles. The Balaban J connectivity index is 2.31. The Bertz CT molecular complexity index is 548. The van der Waals surface area contributed by atoms with Gasteiger partial charge in [0.05, 0.1) is 18.6 Å². The number of anilines is 2. The van der Waals surface area contributed by atoms with Crippen molar-refractivity contribution >= 4 is 21.5 Å². The third-order valence-corrected chi connectivity index (χ3v) is 4.70. The van der Waals surface area contributed by atoms with Crippen molar-refractivity contribution in [2.75, 3.05) is 42.0 Å². The molecule has 2 rings (SSSR count). The summed E-state index contributed by atoms with van der Waals surface area (Å²) < 4.78 is 28.5. The lowest BCUT2D eigenvalue weighted by Crippen LogP contribution is -2.28. The molecular formula is C10H17N5O3S. The van der Waals surface area contributed by atoms with E-state index in [0.29, 0.717) is 36.9 Å². The van der Waals surface area contributed by atoms with Crippen molar-refractivity contribution in [3.05, 3.63) is 6.33 Å². The number of rotatable bonds is 3. The number of nitrogens with two attached hydrogens (primary N) is 1. The Morgan fingerprint density at radius 1 is 1.37 bits per heavy atom. The molecule has 3 N–H and O–H groups in total. The lowest BCUT2D eigenvalue weighted by Gasteiger charge is -2.23. The number of hydrazine groups is 1. The number of ether oxygens (including phenoxy) is 1. The first kappa shape index (κ1) is 13.8. The summed E-state index contributed by atoms with van der Waals surface area (Å²) in [6, 6.07) is 0. The van der Waals surface area contributed by atoms with Gasteiger partial charge in [0.15, 0.2) is 21.5 Å². The summed E-state index contributed by atoms with van der Waals surface area (Å²) in [7, 11) is -1.46. The van der Waals surface area contributed by atoms with Gasteiger partial charge in [-0.25, -0.2) is 24.2 Å². The molecule has 0 spiro atoms. The van der Waals surface area contributed by atoms with Crippen LogP contribution in [0.25, 0.3) is 0 Å². The van der Waals surface area contributed by atoms with Crippen molar-refractivity contribution in [1.82, 2.24) is 9.97 Å². The maximum Gasteiger partial charge on any atom is 0.205 e. The molecule has 2 heterocycles. The van der Waals surface area contributed by atoms with Gasteiger partial charge in [-0.1, -0.05) is 0 Å². The van der Waals surface area contributed by atoms with Crippen LogP contribution < -0.4 is 20.9 Å². The number of hydrogen-bond acceptors (Lipinski definition) is 8. The van der Waals surface area contributed by atoms with Gasteiger partial charge in [-0.2, -0.15) is 0 Å². The minimum Gasteiger partial charge on any atom is -0.490 e. The number of sulfone groups is 1. The molecule has 106 valence electrons. The van der Waals surface area contributed by atoms with Crippen molar-refractivity contribution in [2.45, 2.75) is 6.42 Å². The number of nitrogens with one attached hydrogen (secondary N) is 1. The van der Waals surface area contributed by atoms with Crippen LogP contribution in [0.3, 0.4) is 0 Å². The van der Waals surface area contributed by atoms with E-state index in [-0.39, 0.29) is 11.5 Å². The first-order chi connectivity index (χ1) is 9.07. The van der Waals surface area contributed by atoms with E-state index in [9.17, 15) is 8.42 Å². The molecule has 0 bridgehead atoms. The molecule has 0 saturated carbocycles. The van der Waals surface area contributed by atoms with Crippen LogP contribution in [0.15, 0.2) is 6.33 Å². The fourth-order valence-electron chi connectivity index (χ4n) is 2.03. The molecule has 1 aromatic rings. The second kappa shape index (κ2) is 5.57. The van der Waals surface area contributed by atoms with Gasteiger partial charge in [0.25, 0.3) is 0 Å². The summed E-state index contributed by atoms with van der Waals surface area (Å²) in [6.07, 6.45) is 1.94. The van der Waals surface area contributed by atoms with Gasteiger partial charge in [-0.15, -0.1) is 0 Å². The van der Waals surface area contributed by atoms with Gasteiger partial charge < -0.3 is 15.1 Å². The topological polar surface area (TPSA) is 110 Å². The van der Waals surface area contributed by atoms with E-state index in [1.165, 1.54) is 13.4 Å². The number of nitrogen functional groups attached to an aromatic ring is 1. The van der Waals surface area contributed by atoms with Gasteiger partial charge in [0.1, 0.15) is 6.33 Å². The first-order valence-electron chi connectivity index (χ1n) is 5.88. The molecule has 8 nitrogen and oxygen atoms in total. The number of methoxy groups -OCH3 is 1. The third kappa shape index (κ3) is 3.04. The quantitative estimate of drug-likeness (QED) is 0.560. The molecule has 9 heteroatoms. The van der Waals surface area contributed by atoms with E-state index >= 15 is 0 Å². The number of nitrogens with zero attached hydrogens (tertiary/aromatic N) is 3. The highest BCUT2D eigenvalue weighted by molar-refractivity contribution is 7.91. The zero-order chi connectivity index (χ0) is 13.9. The molecule has 1 aromatic heterocycles. The SMILES string of the molecule is COc1c(NN)ncnc1N1CCCS(=O)(=O)CC1. The maximum absolute atomic E-state index is 11.6. The average Bonchev–Trinajstić information content (AvgIpc) is 2.58. The van der Waals surface area contributed by atoms with E-state index in [1.807, 2.05) is 4.90 Å². The second-order valence-corrected chi connectivity index (χ2v) is 6.52. The van der Waals surface area contributed by atoms with Crippen LogP contribution in [0.1, 0.15) is 6.42 Å². The molecule has 1 aliphatic heterocycles. The van der Waals surface area contributed by atoms with E-state index < -0.39 is 9.84 Å². The van der Waals surface area contributed by atoms with Crippen molar-refractivity contribution in [3.63, 3.8) is 0 Å². The van der Waals surface area contributed by atoms with Crippen molar-refractivity contribution in [1.29, 1.82) is 0 Å². The van der Waals surface area contributed by atoms with Crippen LogP contribution in [0.5, 0.6) is 5.75 Å². The Morgan fingerprint density at radius 3 is 2.84 bits per heavy atom. The van der Waals surface area contributed by atoms with Crippen molar-refractivity contribution in [2.24, 2.45) is 5.84 Å². The number of aromatic nitrogens is 2. The highest BCUT2D eigenvalue weighted by Crippen LogP contribution is 2.31. The van der Waals surface area contributed by atoms with E-state index in [2.05, 4.69) is 15.4 Å². The smallest absolute Gasteiger partial charge is 0.205 e. The van der Waals surface area contributed by atoms with E-state index in [4.69, 9.17) is 10.6 Å². The molecule has 19 heavy (non-hydrogen) atoms. The van der Waals surface area contributed by atoms with E-state index in [1.54, 1.807) is 0 Å². The zero-order valence-corrected chi connectivity index (χ0v) is 11.5. The molecule has 1 saturated heterocycles. The third-order valence-electron chi connectivity index (χ3n) is 2.98. The average molecular weight is 287 g/mol. The normalized spacial score (nSPS) is 18.7. The van der Waals surface area contributed by atoms with Gasteiger partial charge in [0, 0.05) is 13.1 Å². The predicted octanol–water partition coefficient (Wildman–Crippen LogP) is -0.604. The fraction of sp³-hybridized carbons (Fsp3) is 0.600. The Hall–Kier alpha value is -1.61. The van der Waals surface area contributed by atoms with E-state index in [0.717, 1.165) is 0 Å². The lowest BCUT2D eigenvalue weighted by molar-refractivity contribution is 0.412. The molecule has 0 unspecified atom stereocenters. The predicted molar refractivity (Wildman–Crippen MR) is 71.9 cm³/mol.